The highest BCUT2D eigenvalue weighted by Crippen LogP contribution is 2.41. The molecule has 0 spiro atoms. The van der Waals surface area contributed by atoms with Crippen molar-refractivity contribution in [3.05, 3.63) is 89.5 Å². The van der Waals surface area contributed by atoms with Gasteiger partial charge in [-0.1, -0.05) is 60.2 Å². The second-order valence-electron chi connectivity index (χ2n) is 13.1. The van der Waals surface area contributed by atoms with Gasteiger partial charge in [-0.3, -0.25) is 4.79 Å². The highest BCUT2D eigenvalue weighted by Gasteiger charge is 2.45. The number of methoxy groups -OCH3 is 1. The number of rotatable bonds is 17. The Labute approximate surface area is 301 Å². The molecule has 1 saturated carbocycles. The van der Waals surface area contributed by atoms with Crippen LogP contribution in [0.15, 0.2) is 78.9 Å². The van der Waals surface area contributed by atoms with Crippen molar-refractivity contribution in [2.24, 2.45) is 11.8 Å². The first-order valence-corrected chi connectivity index (χ1v) is 18.4. The van der Waals surface area contributed by atoms with Crippen LogP contribution in [0.3, 0.4) is 0 Å². The molecule has 9 nitrogen and oxygen atoms in total. The zero-order chi connectivity index (χ0) is 35.0. The Morgan fingerprint density at radius 3 is 2.44 bits per heavy atom. The second-order valence-corrected chi connectivity index (χ2v) is 13.5. The van der Waals surface area contributed by atoms with E-state index in [4.69, 9.17) is 44.8 Å². The fourth-order valence-electron chi connectivity index (χ4n) is 6.71. The third kappa shape index (κ3) is 12.2. The van der Waals surface area contributed by atoms with Gasteiger partial charge in [0.05, 0.1) is 18.8 Å². The van der Waals surface area contributed by atoms with Crippen molar-refractivity contribution >= 4 is 23.5 Å². The molecule has 0 N–H and O–H groups in total. The average molecular weight is 711 g/mol. The molecule has 2 aliphatic heterocycles. The predicted molar refractivity (Wildman–Crippen MR) is 190 cm³/mol. The monoisotopic (exact) mass is 710 g/mol. The number of hydrogen-bond donors (Lipinski definition) is 0. The summed E-state index contributed by atoms with van der Waals surface area (Å²) in [6.45, 7) is 1.58. The lowest BCUT2D eigenvalue weighted by molar-refractivity contribution is -0.195. The van der Waals surface area contributed by atoms with Crippen LogP contribution >= 0.6 is 11.6 Å². The summed E-state index contributed by atoms with van der Waals surface area (Å²) in [5, 5.41) is 0.592. The number of unbranched alkanes of at least 4 members (excludes halogenated alkanes) is 1. The molecule has 10 heteroatoms. The van der Waals surface area contributed by atoms with Crippen molar-refractivity contribution in [1.29, 1.82) is 0 Å². The van der Waals surface area contributed by atoms with Gasteiger partial charge in [0.1, 0.15) is 24.6 Å². The van der Waals surface area contributed by atoms with Gasteiger partial charge < -0.3 is 33.2 Å². The molecule has 3 aliphatic rings. The van der Waals surface area contributed by atoms with E-state index in [0.29, 0.717) is 55.2 Å². The lowest BCUT2D eigenvalue weighted by Crippen LogP contribution is -2.32. The lowest BCUT2D eigenvalue weighted by Gasteiger charge is -2.29. The van der Waals surface area contributed by atoms with Crippen molar-refractivity contribution in [1.82, 2.24) is 0 Å². The van der Waals surface area contributed by atoms with Crippen LogP contribution in [0.4, 0.5) is 0 Å². The Kier molecular flexibility index (Phi) is 15.7. The van der Waals surface area contributed by atoms with Crippen LogP contribution in [0, 0.1) is 11.8 Å². The first kappa shape index (κ1) is 38.0. The number of hydrogen-bond acceptors (Lipinski definition) is 9. The lowest BCUT2D eigenvalue weighted by atomic mass is 9.89. The Bertz CT molecular complexity index is 1370. The average Bonchev–Trinajstić information content (AvgIpc) is 3.46. The zero-order valence-corrected chi connectivity index (χ0v) is 29.8. The van der Waals surface area contributed by atoms with Crippen molar-refractivity contribution in [2.75, 3.05) is 26.9 Å². The summed E-state index contributed by atoms with van der Waals surface area (Å²) in [6.07, 6.45) is 15.5. The minimum Gasteiger partial charge on any atom is -0.490 e. The fraction of sp³-hybridized carbons (Fsp3) is 0.550. The van der Waals surface area contributed by atoms with Gasteiger partial charge in [-0.25, -0.2) is 4.79 Å². The number of ether oxygens (including phenoxy) is 7. The van der Waals surface area contributed by atoms with Crippen LogP contribution in [0.1, 0.15) is 81.0 Å². The van der Waals surface area contributed by atoms with Crippen molar-refractivity contribution in [3.8, 4) is 5.75 Å². The van der Waals surface area contributed by atoms with Crippen LogP contribution in [0.5, 0.6) is 5.75 Å². The second kappa shape index (κ2) is 20.6. The molecule has 0 radical (unpaired) electrons. The van der Waals surface area contributed by atoms with Gasteiger partial charge in [-0.15, -0.1) is 0 Å². The number of halogens is 1. The quantitative estimate of drug-likeness (QED) is 0.0913. The Morgan fingerprint density at radius 2 is 1.72 bits per heavy atom. The summed E-state index contributed by atoms with van der Waals surface area (Å²) in [5.41, 5.74) is 0.503. The number of carbonyl (C=O) groups excluding carboxylic acids is 2. The van der Waals surface area contributed by atoms with E-state index in [-0.39, 0.29) is 49.1 Å². The third-order valence-corrected chi connectivity index (χ3v) is 9.61. The molecule has 272 valence electrons. The van der Waals surface area contributed by atoms with E-state index in [9.17, 15) is 9.59 Å². The van der Waals surface area contributed by atoms with E-state index in [0.717, 1.165) is 44.9 Å². The number of benzene rings is 2. The molecule has 2 heterocycles. The maximum absolute atomic E-state index is 13.4. The molecule has 3 fully saturated rings. The van der Waals surface area contributed by atoms with E-state index < -0.39 is 12.2 Å². The molecule has 5 rings (SSSR count). The summed E-state index contributed by atoms with van der Waals surface area (Å²) in [5.74, 6) is -0.120. The minimum atomic E-state index is -0.439. The summed E-state index contributed by atoms with van der Waals surface area (Å²) < 4.78 is 42.2. The molecule has 0 amide bonds. The van der Waals surface area contributed by atoms with Gasteiger partial charge in [-0.05, 0) is 94.0 Å². The van der Waals surface area contributed by atoms with Crippen LogP contribution < -0.4 is 4.74 Å². The van der Waals surface area contributed by atoms with Crippen LogP contribution in [-0.4, -0.2) is 69.8 Å². The smallest absolute Gasteiger partial charge is 0.338 e. The van der Waals surface area contributed by atoms with E-state index in [2.05, 4.69) is 18.2 Å². The van der Waals surface area contributed by atoms with Gasteiger partial charge in [0, 0.05) is 37.0 Å². The summed E-state index contributed by atoms with van der Waals surface area (Å²) >= 11 is 6.22. The minimum absolute atomic E-state index is 0.0114. The van der Waals surface area contributed by atoms with Crippen molar-refractivity contribution < 1.29 is 42.7 Å². The van der Waals surface area contributed by atoms with E-state index >= 15 is 0 Å². The van der Waals surface area contributed by atoms with Gasteiger partial charge in [0.15, 0.2) is 12.6 Å². The molecule has 2 aromatic rings. The first-order valence-electron chi connectivity index (χ1n) is 18.1. The largest absolute Gasteiger partial charge is 0.490 e. The van der Waals surface area contributed by atoms with E-state index in [1.165, 1.54) is 7.11 Å². The summed E-state index contributed by atoms with van der Waals surface area (Å²) in [7, 11) is 1.41. The number of carbonyl (C=O) groups is 2. The van der Waals surface area contributed by atoms with Crippen molar-refractivity contribution in [3.63, 3.8) is 0 Å². The van der Waals surface area contributed by atoms with Gasteiger partial charge in [0.2, 0.25) is 0 Å². The Hall–Kier alpha value is -3.21. The molecule has 7 atom stereocenters. The topological polar surface area (TPSA) is 98.8 Å². The molecule has 2 aromatic carbocycles. The molecule has 50 heavy (non-hydrogen) atoms. The van der Waals surface area contributed by atoms with Gasteiger partial charge in [-0.2, -0.15) is 0 Å². The molecule has 0 bridgehead atoms. The number of esters is 2. The van der Waals surface area contributed by atoms with Gasteiger partial charge in [0.25, 0.3) is 0 Å². The maximum Gasteiger partial charge on any atom is 0.338 e. The van der Waals surface area contributed by atoms with E-state index in [1.807, 2.05) is 36.4 Å². The number of allylic oxidation sites excluding steroid dienone is 2. The summed E-state index contributed by atoms with van der Waals surface area (Å²) in [4.78, 5) is 25.0. The third-order valence-electron chi connectivity index (χ3n) is 9.38. The molecule has 0 aromatic heterocycles. The fourth-order valence-corrected chi connectivity index (χ4v) is 6.90. The van der Waals surface area contributed by atoms with Crippen LogP contribution in [-0.2, 0) is 33.2 Å². The Morgan fingerprint density at radius 1 is 0.940 bits per heavy atom. The predicted octanol–water partition coefficient (Wildman–Crippen LogP) is 8.25. The van der Waals surface area contributed by atoms with Crippen LogP contribution in [0.2, 0.25) is 5.02 Å². The highest BCUT2D eigenvalue weighted by molar-refractivity contribution is 6.30. The highest BCUT2D eigenvalue weighted by atomic mass is 35.5. The summed E-state index contributed by atoms with van der Waals surface area (Å²) in [6, 6.07) is 16.4. The Balaban J connectivity index is 1.38. The zero-order valence-electron chi connectivity index (χ0n) is 29.0. The molecular weight excluding hydrogens is 660 g/mol. The van der Waals surface area contributed by atoms with Crippen LogP contribution in [0.25, 0.3) is 0 Å². The molecular formula is C40H51ClO9. The van der Waals surface area contributed by atoms with E-state index in [1.54, 1.807) is 24.3 Å². The normalized spacial score (nSPS) is 26.2. The molecule has 2 saturated heterocycles. The SMILES string of the molecule is COC(=O)CCC/C=C\C[C@@H]1[C@@H](/C=C/[C@H](COc2cccc(Cl)c2)OC2CCCCO2)[C@H](OC(=O)c2ccccc2)C[C@@H]1OC1CCCCO1. The van der Waals surface area contributed by atoms with Gasteiger partial charge >= 0.3 is 11.9 Å². The maximum atomic E-state index is 13.4. The van der Waals surface area contributed by atoms with Crippen molar-refractivity contribution in [2.45, 2.75) is 102 Å². The molecule has 2 unspecified atom stereocenters. The standard InChI is InChI=1S/C40H51ClO9/c1-44-37(42)19-8-3-2-7-18-33-34(23-22-32(48-38-20-9-11-24-45-38)28-47-31-17-13-16-30(41)26-31)36(50-40(43)29-14-5-4-6-15-29)27-35(33)49-39-21-10-12-25-46-39/h2,4-7,13-17,22-23,26,32-36,38-39H,3,8-12,18-21,24-25,27-28H2,1H3/b7-2-,23-22+/t32-,33-,34-,35+,36-,38?,39?/m1/s1. The first-order chi connectivity index (χ1) is 24.5. The molecule has 1 aliphatic carbocycles.